The first kappa shape index (κ1) is 23.4. The van der Waals surface area contributed by atoms with E-state index in [1.165, 1.54) is 0 Å². The van der Waals surface area contributed by atoms with Gasteiger partial charge in [-0.15, -0.1) is 11.3 Å². The molecule has 168 valence electrons. The fourth-order valence-electron chi connectivity index (χ4n) is 3.64. The number of rotatable bonds is 10. The maximum atomic E-state index is 12.4. The number of morpholine rings is 1. The normalized spacial score (nSPS) is 16.0. The summed E-state index contributed by atoms with van der Waals surface area (Å²) >= 11 is 1.62. The van der Waals surface area contributed by atoms with Gasteiger partial charge in [-0.1, -0.05) is 26.0 Å². The third-order valence-electron chi connectivity index (χ3n) is 5.16. The Balaban J connectivity index is 1.50. The van der Waals surface area contributed by atoms with Crippen molar-refractivity contribution in [3.8, 4) is 5.75 Å². The second-order valence-electron chi connectivity index (χ2n) is 8.23. The number of amides is 1. The molecule has 1 aliphatic rings. The van der Waals surface area contributed by atoms with E-state index in [0.717, 1.165) is 54.7 Å². The second-order valence-corrected chi connectivity index (χ2v) is 9.29. The maximum Gasteiger partial charge on any atom is 0.244 e. The first-order valence-corrected chi connectivity index (χ1v) is 11.8. The molecule has 31 heavy (non-hydrogen) atoms. The third-order valence-corrected chi connectivity index (χ3v) is 5.98. The fourth-order valence-corrected chi connectivity index (χ4v) is 4.23. The van der Waals surface area contributed by atoms with Crippen molar-refractivity contribution in [3.05, 3.63) is 52.0 Å². The summed E-state index contributed by atoms with van der Waals surface area (Å²) in [5.41, 5.74) is 1.85. The van der Waals surface area contributed by atoms with E-state index in [9.17, 15) is 4.79 Å². The van der Waals surface area contributed by atoms with Crippen molar-refractivity contribution < 1.29 is 14.3 Å². The second kappa shape index (κ2) is 12.0. The quantitative estimate of drug-likeness (QED) is 0.564. The van der Waals surface area contributed by atoms with E-state index in [0.29, 0.717) is 25.1 Å². The number of hydrogen-bond acceptors (Lipinski definition) is 6. The van der Waals surface area contributed by atoms with Crippen LogP contribution in [0.25, 0.3) is 6.08 Å². The standard InChI is InChI=1S/C24H33N3O3S/c1-18(2)13-22(27-9-11-29-12-10-27)15-25-24(28)8-7-20-5-4-6-23(14-20)30-16-21-17-31-19(3)26-21/h4-8,14,17-18,22H,9-13,15-16H2,1-3H3,(H,25,28). The fraction of sp³-hybridized carbons (Fsp3) is 0.500. The smallest absolute Gasteiger partial charge is 0.244 e. The molecule has 7 heteroatoms. The summed E-state index contributed by atoms with van der Waals surface area (Å²) in [5.74, 6) is 1.26. The molecule has 3 rings (SSSR count). The molecule has 1 aromatic carbocycles. The Morgan fingerprint density at radius 2 is 2.16 bits per heavy atom. The van der Waals surface area contributed by atoms with Crippen LogP contribution in [-0.2, 0) is 16.1 Å². The average molecular weight is 444 g/mol. The molecular weight excluding hydrogens is 410 g/mol. The molecule has 2 aromatic rings. The number of hydrogen-bond donors (Lipinski definition) is 1. The summed E-state index contributed by atoms with van der Waals surface area (Å²) < 4.78 is 11.3. The summed E-state index contributed by atoms with van der Waals surface area (Å²) in [7, 11) is 0. The van der Waals surface area contributed by atoms with E-state index in [1.54, 1.807) is 17.4 Å². The molecule has 0 aliphatic carbocycles. The lowest BCUT2D eigenvalue weighted by molar-refractivity contribution is -0.116. The first-order chi connectivity index (χ1) is 15.0. The molecule has 6 nitrogen and oxygen atoms in total. The van der Waals surface area contributed by atoms with Gasteiger partial charge in [-0.05, 0) is 43.0 Å². The number of ether oxygens (including phenoxy) is 2. The Morgan fingerprint density at radius 1 is 1.35 bits per heavy atom. The first-order valence-electron chi connectivity index (χ1n) is 10.9. The number of thiazole rings is 1. The molecule has 1 fully saturated rings. The lowest BCUT2D eigenvalue weighted by Gasteiger charge is -2.35. The van der Waals surface area contributed by atoms with Gasteiger partial charge in [0.1, 0.15) is 12.4 Å². The van der Waals surface area contributed by atoms with Crippen LogP contribution in [0.3, 0.4) is 0 Å². The molecule has 1 atom stereocenters. The zero-order valence-corrected chi connectivity index (χ0v) is 19.5. The molecule has 0 spiro atoms. The monoisotopic (exact) mass is 443 g/mol. The maximum absolute atomic E-state index is 12.4. The van der Waals surface area contributed by atoms with Gasteiger partial charge in [0.05, 0.1) is 23.9 Å². The highest BCUT2D eigenvalue weighted by Gasteiger charge is 2.22. The highest BCUT2D eigenvalue weighted by molar-refractivity contribution is 7.09. The summed E-state index contributed by atoms with van der Waals surface area (Å²) in [6, 6.07) is 8.07. The molecule has 0 radical (unpaired) electrons. The summed E-state index contributed by atoms with van der Waals surface area (Å²) in [6.45, 7) is 10.9. The predicted molar refractivity (Wildman–Crippen MR) is 125 cm³/mol. The van der Waals surface area contributed by atoms with E-state index in [-0.39, 0.29) is 5.91 Å². The lowest BCUT2D eigenvalue weighted by Crippen LogP contribution is -2.49. The number of nitrogens with one attached hydrogen (secondary N) is 1. The van der Waals surface area contributed by atoms with Gasteiger partial charge in [0.25, 0.3) is 0 Å². The van der Waals surface area contributed by atoms with Crippen LogP contribution >= 0.6 is 11.3 Å². The summed E-state index contributed by atoms with van der Waals surface area (Å²) in [5, 5.41) is 6.11. The van der Waals surface area contributed by atoms with Crippen LogP contribution in [-0.4, -0.2) is 54.7 Å². The van der Waals surface area contributed by atoms with Gasteiger partial charge in [-0.25, -0.2) is 4.98 Å². The minimum atomic E-state index is -0.0775. The number of aryl methyl sites for hydroxylation is 1. The van der Waals surface area contributed by atoms with Crippen LogP contribution in [0.2, 0.25) is 0 Å². The lowest BCUT2D eigenvalue weighted by atomic mass is 10.0. The van der Waals surface area contributed by atoms with Crippen molar-refractivity contribution in [1.82, 2.24) is 15.2 Å². The molecule has 1 aromatic heterocycles. The Hall–Kier alpha value is -2.22. The van der Waals surface area contributed by atoms with Crippen LogP contribution < -0.4 is 10.1 Å². The van der Waals surface area contributed by atoms with E-state index < -0.39 is 0 Å². The van der Waals surface area contributed by atoms with Crippen molar-refractivity contribution in [1.29, 1.82) is 0 Å². The van der Waals surface area contributed by atoms with E-state index in [4.69, 9.17) is 9.47 Å². The number of nitrogens with zero attached hydrogens (tertiary/aromatic N) is 2. The average Bonchev–Trinajstić information content (AvgIpc) is 3.19. The van der Waals surface area contributed by atoms with Crippen LogP contribution in [0.4, 0.5) is 0 Å². The van der Waals surface area contributed by atoms with Gasteiger partial charge in [-0.3, -0.25) is 9.69 Å². The minimum Gasteiger partial charge on any atom is -0.487 e. The number of aromatic nitrogens is 1. The van der Waals surface area contributed by atoms with Gasteiger partial charge in [-0.2, -0.15) is 0 Å². The Morgan fingerprint density at radius 3 is 2.87 bits per heavy atom. The zero-order chi connectivity index (χ0) is 22.1. The highest BCUT2D eigenvalue weighted by atomic mass is 32.1. The molecular formula is C24H33N3O3S. The molecule has 0 saturated carbocycles. The van der Waals surface area contributed by atoms with Crippen LogP contribution in [0.15, 0.2) is 35.7 Å². The van der Waals surface area contributed by atoms with E-state index in [1.807, 2.05) is 42.6 Å². The van der Waals surface area contributed by atoms with Gasteiger partial charge in [0.15, 0.2) is 0 Å². The summed E-state index contributed by atoms with van der Waals surface area (Å²) in [4.78, 5) is 19.2. The molecule has 1 unspecified atom stereocenters. The van der Waals surface area contributed by atoms with Crippen molar-refractivity contribution >= 4 is 23.3 Å². The molecule has 1 amide bonds. The predicted octanol–water partition coefficient (Wildman–Crippen LogP) is 3.91. The van der Waals surface area contributed by atoms with Crippen LogP contribution in [0.5, 0.6) is 5.75 Å². The van der Waals surface area contributed by atoms with Gasteiger partial charge in [0, 0.05) is 37.1 Å². The Kier molecular flexibility index (Phi) is 9.06. The number of carbonyl (C=O) groups is 1. The zero-order valence-electron chi connectivity index (χ0n) is 18.7. The number of benzene rings is 1. The van der Waals surface area contributed by atoms with Crippen molar-refractivity contribution in [2.45, 2.75) is 39.8 Å². The topological polar surface area (TPSA) is 63.7 Å². The summed E-state index contributed by atoms with van der Waals surface area (Å²) in [6.07, 6.45) is 4.47. The van der Waals surface area contributed by atoms with E-state index >= 15 is 0 Å². The Bertz CT molecular complexity index is 859. The minimum absolute atomic E-state index is 0.0775. The van der Waals surface area contributed by atoms with Gasteiger partial charge < -0.3 is 14.8 Å². The van der Waals surface area contributed by atoms with Gasteiger partial charge in [0.2, 0.25) is 5.91 Å². The van der Waals surface area contributed by atoms with Crippen molar-refractivity contribution in [3.63, 3.8) is 0 Å². The molecule has 1 saturated heterocycles. The van der Waals surface area contributed by atoms with Gasteiger partial charge >= 0.3 is 0 Å². The van der Waals surface area contributed by atoms with Crippen molar-refractivity contribution in [2.75, 3.05) is 32.8 Å². The Labute approximate surface area is 189 Å². The SMILES string of the molecule is Cc1nc(COc2cccc(C=CC(=O)NCC(CC(C)C)N3CCOCC3)c2)cs1. The number of carbonyl (C=O) groups excluding carboxylic acids is 1. The largest absolute Gasteiger partial charge is 0.487 e. The van der Waals surface area contributed by atoms with E-state index in [2.05, 4.69) is 29.0 Å². The molecule has 1 N–H and O–H groups in total. The molecule has 2 heterocycles. The van der Waals surface area contributed by atoms with Crippen LogP contribution in [0.1, 0.15) is 36.5 Å². The van der Waals surface area contributed by atoms with Crippen LogP contribution in [0, 0.1) is 12.8 Å². The molecule has 0 bridgehead atoms. The third kappa shape index (κ3) is 8.09. The van der Waals surface area contributed by atoms with Crippen molar-refractivity contribution in [2.24, 2.45) is 5.92 Å². The highest BCUT2D eigenvalue weighted by Crippen LogP contribution is 2.17. The molecule has 1 aliphatic heterocycles.